The van der Waals surface area contributed by atoms with E-state index in [1.54, 1.807) is 7.11 Å². The lowest BCUT2D eigenvalue weighted by atomic mass is 9.81. The second kappa shape index (κ2) is 4.44. The molecule has 0 radical (unpaired) electrons. The summed E-state index contributed by atoms with van der Waals surface area (Å²) in [4.78, 5) is 0. The number of hydrogen-bond donors (Lipinski definition) is 2. The zero-order chi connectivity index (χ0) is 11.6. The molecule has 3 heteroatoms. The van der Waals surface area contributed by atoms with Crippen molar-refractivity contribution in [2.24, 2.45) is 5.73 Å². The summed E-state index contributed by atoms with van der Waals surface area (Å²) >= 11 is 0. The molecule has 1 aromatic rings. The van der Waals surface area contributed by atoms with Gasteiger partial charge in [0.25, 0.3) is 0 Å². The first-order chi connectivity index (χ1) is 7.69. The monoisotopic (exact) mass is 220 g/mol. The molecule has 1 saturated heterocycles. The minimum Gasteiger partial charge on any atom is -0.497 e. The molecular formula is C13H20N2O. The van der Waals surface area contributed by atoms with E-state index < -0.39 is 0 Å². The minimum atomic E-state index is -0.119. The Morgan fingerprint density at radius 1 is 1.56 bits per heavy atom. The molecule has 0 saturated carbocycles. The van der Waals surface area contributed by atoms with E-state index in [0.717, 1.165) is 25.3 Å². The number of hydrogen-bond acceptors (Lipinski definition) is 3. The molecule has 2 unspecified atom stereocenters. The number of benzene rings is 1. The molecule has 1 aliphatic rings. The quantitative estimate of drug-likeness (QED) is 0.811. The largest absolute Gasteiger partial charge is 0.497 e. The first-order valence-corrected chi connectivity index (χ1v) is 5.83. The van der Waals surface area contributed by atoms with Crippen molar-refractivity contribution >= 4 is 0 Å². The predicted molar refractivity (Wildman–Crippen MR) is 65.8 cm³/mol. The molecule has 1 aromatic carbocycles. The maximum Gasteiger partial charge on any atom is 0.119 e. The first kappa shape index (κ1) is 11.4. The van der Waals surface area contributed by atoms with E-state index in [1.165, 1.54) is 5.56 Å². The summed E-state index contributed by atoms with van der Waals surface area (Å²) in [5.41, 5.74) is 7.58. The molecule has 2 atom stereocenters. The van der Waals surface area contributed by atoms with Crippen LogP contribution in [0.5, 0.6) is 5.75 Å². The van der Waals surface area contributed by atoms with E-state index in [1.807, 2.05) is 12.1 Å². The van der Waals surface area contributed by atoms with Gasteiger partial charge in [0.15, 0.2) is 0 Å². The Hall–Kier alpha value is -1.06. The Labute approximate surface area is 97.0 Å². The highest BCUT2D eigenvalue weighted by Crippen LogP contribution is 2.33. The highest BCUT2D eigenvalue weighted by Gasteiger charge is 2.38. The van der Waals surface area contributed by atoms with Crippen molar-refractivity contribution < 1.29 is 4.74 Å². The lowest BCUT2D eigenvalue weighted by Gasteiger charge is -2.29. The number of methoxy groups -OCH3 is 1. The number of rotatable bonds is 3. The fourth-order valence-corrected chi connectivity index (χ4v) is 2.46. The van der Waals surface area contributed by atoms with Crippen LogP contribution in [0.4, 0.5) is 0 Å². The zero-order valence-corrected chi connectivity index (χ0v) is 9.99. The average Bonchev–Trinajstić information content (AvgIpc) is 2.72. The van der Waals surface area contributed by atoms with Gasteiger partial charge in [-0.2, -0.15) is 0 Å². The summed E-state index contributed by atoms with van der Waals surface area (Å²) < 4.78 is 5.25. The van der Waals surface area contributed by atoms with Gasteiger partial charge in [-0.15, -0.1) is 0 Å². The van der Waals surface area contributed by atoms with Gasteiger partial charge < -0.3 is 15.8 Å². The van der Waals surface area contributed by atoms with Crippen LogP contribution in [0, 0.1) is 0 Å². The van der Waals surface area contributed by atoms with Crippen LogP contribution in [0.3, 0.4) is 0 Å². The third-order valence-corrected chi connectivity index (χ3v) is 3.65. The molecule has 3 N–H and O–H groups in total. The van der Waals surface area contributed by atoms with Gasteiger partial charge >= 0.3 is 0 Å². The van der Waals surface area contributed by atoms with E-state index in [2.05, 4.69) is 24.4 Å². The van der Waals surface area contributed by atoms with Crippen LogP contribution in [0.1, 0.15) is 24.8 Å². The van der Waals surface area contributed by atoms with Crippen molar-refractivity contribution in [3.63, 3.8) is 0 Å². The molecule has 1 aliphatic heterocycles. The maximum absolute atomic E-state index is 6.42. The standard InChI is InChI=1S/C13H20N2O/c1-3-13(14)9-15-8-12(13)10-5-4-6-11(7-10)16-2/h4-7,12,15H,3,8-9,14H2,1-2H3. The molecule has 88 valence electrons. The molecule has 1 fully saturated rings. The Balaban J connectivity index is 2.29. The topological polar surface area (TPSA) is 47.3 Å². The summed E-state index contributed by atoms with van der Waals surface area (Å²) in [5.74, 6) is 1.29. The Morgan fingerprint density at radius 3 is 3.06 bits per heavy atom. The summed E-state index contributed by atoms with van der Waals surface area (Å²) in [5, 5.41) is 3.38. The third-order valence-electron chi connectivity index (χ3n) is 3.65. The Kier molecular flexibility index (Phi) is 3.17. The van der Waals surface area contributed by atoms with Crippen LogP contribution in [0.2, 0.25) is 0 Å². The normalized spacial score (nSPS) is 29.3. The molecule has 0 bridgehead atoms. The minimum absolute atomic E-state index is 0.119. The van der Waals surface area contributed by atoms with Gasteiger partial charge in [0.1, 0.15) is 5.75 Å². The van der Waals surface area contributed by atoms with Crippen molar-refractivity contribution in [2.75, 3.05) is 20.2 Å². The first-order valence-electron chi connectivity index (χ1n) is 5.83. The van der Waals surface area contributed by atoms with Crippen LogP contribution >= 0.6 is 0 Å². The highest BCUT2D eigenvalue weighted by molar-refractivity contribution is 5.34. The van der Waals surface area contributed by atoms with Crippen LogP contribution in [-0.4, -0.2) is 25.7 Å². The molecule has 3 nitrogen and oxygen atoms in total. The van der Waals surface area contributed by atoms with E-state index in [9.17, 15) is 0 Å². The van der Waals surface area contributed by atoms with E-state index in [4.69, 9.17) is 10.5 Å². The van der Waals surface area contributed by atoms with Crippen LogP contribution in [0.25, 0.3) is 0 Å². The van der Waals surface area contributed by atoms with E-state index in [0.29, 0.717) is 5.92 Å². The summed E-state index contributed by atoms with van der Waals surface area (Å²) in [6, 6.07) is 8.23. The molecule has 0 spiro atoms. The lowest BCUT2D eigenvalue weighted by Crippen LogP contribution is -2.45. The molecule has 0 aliphatic carbocycles. The molecule has 2 rings (SSSR count). The van der Waals surface area contributed by atoms with Gasteiger partial charge in [-0.1, -0.05) is 19.1 Å². The summed E-state index contributed by atoms with van der Waals surface area (Å²) in [6.45, 7) is 4.00. The predicted octanol–water partition coefficient (Wildman–Crippen LogP) is 1.49. The molecule has 16 heavy (non-hydrogen) atoms. The average molecular weight is 220 g/mol. The smallest absolute Gasteiger partial charge is 0.119 e. The highest BCUT2D eigenvalue weighted by atomic mass is 16.5. The van der Waals surface area contributed by atoms with Crippen molar-refractivity contribution in [3.05, 3.63) is 29.8 Å². The number of nitrogens with one attached hydrogen (secondary N) is 1. The van der Waals surface area contributed by atoms with E-state index >= 15 is 0 Å². The van der Waals surface area contributed by atoms with Gasteiger partial charge in [0.05, 0.1) is 7.11 Å². The second-order valence-electron chi connectivity index (χ2n) is 4.55. The lowest BCUT2D eigenvalue weighted by molar-refractivity contribution is 0.397. The van der Waals surface area contributed by atoms with Gasteiger partial charge in [0, 0.05) is 24.5 Å². The van der Waals surface area contributed by atoms with Crippen LogP contribution < -0.4 is 15.8 Å². The van der Waals surface area contributed by atoms with Crippen molar-refractivity contribution in [3.8, 4) is 5.75 Å². The molecule has 0 amide bonds. The second-order valence-corrected chi connectivity index (χ2v) is 4.55. The van der Waals surface area contributed by atoms with Crippen molar-refractivity contribution in [1.82, 2.24) is 5.32 Å². The molecule has 0 aromatic heterocycles. The van der Waals surface area contributed by atoms with Crippen molar-refractivity contribution in [2.45, 2.75) is 24.8 Å². The number of nitrogens with two attached hydrogens (primary N) is 1. The zero-order valence-electron chi connectivity index (χ0n) is 9.99. The molecule has 1 heterocycles. The fourth-order valence-electron chi connectivity index (χ4n) is 2.46. The fraction of sp³-hybridized carbons (Fsp3) is 0.538. The Morgan fingerprint density at radius 2 is 2.38 bits per heavy atom. The SMILES string of the molecule is CCC1(N)CNCC1c1cccc(OC)c1. The maximum atomic E-state index is 6.42. The van der Waals surface area contributed by atoms with Gasteiger partial charge in [-0.3, -0.25) is 0 Å². The molecular weight excluding hydrogens is 200 g/mol. The van der Waals surface area contributed by atoms with Gasteiger partial charge in [-0.25, -0.2) is 0 Å². The van der Waals surface area contributed by atoms with E-state index in [-0.39, 0.29) is 5.54 Å². The van der Waals surface area contributed by atoms with Crippen LogP contribution in [0.15, 0.2) is 24.3 Å². The van der Waals surface area contributed by atoms with Gasteiger partial charge in [0.2, 0.25) is 0 Å². The summed E-state index contributed by atoms with van der Waals surface area (Å²) in [6.07, 6.45) is 0.988. The Bertz CT molecular complexity index is 367. The van der Waals surface area contributed by atoms with Gasteiger partial charge in [-0.05, 0) is 24.1 Å². The summed E-state index contributed by atoms with van der Waals surface area (Å²) in [7, 11) is 1.70. The van der Waals surface area contributed by atoms with Crippen molar-refractivity contribution in [1.29, 1.82) is 0 Å². The van der Waals surface area contributed by atoms with Crippen LogP contribution in [-0.2, 0) is 0 Å². The third kappa shape index (κ3) is 1.93. The number of ether oxygens (including phenoxy) is 1.